The first kappa shape index (κ1) is 23.6. The van der Waals surface area contributed by atoms with Crippen molar-refractivity contribution in [1.29, 1.82) is 0 Å². The summed E-state index contributed by atoms with van der Waals surface area (Å²) in [7, 11) is -3.84. The number of carbonyl (C=O) groups excluding carboxylic acids is 1. The monoisotopic (exact) mass is 464 g/mol. The summed E-state index contributed by atoms with van der Waals surface area (Å²) in [6.45, 7) is 6.58. The van der Waals surface area contributed by atoms with E-state index in [0.717, 1.165) is 37.1 Å². The first-order chi connectivity index (χ1) is 14.2. The van der Waals surface area contributed by atoms with Gasteiger partial charge in [0.1, 0.15) is 11.4 Å². The molecule has 1 aliphatic heterocycles. The normalized spacial score (nSPS) is 22.8. The molecule has 1 N–H and O–H groups in total. The number of hydrogen-bond acceptors (Lipinski definition) is 5. The standard InChI is InChI=1S/C20H27F3N2O5S/c1-19(2,3)30-18(26)25-10-8-13(9-11-25)16-12-17(16)24-31(27,28)15-6-4-14(5-7-15)29-20(21,22)23/h4-7,13,16-17,24H,8-12H2,1-3H3/t16-,17+/m1/s1. The number of alkyl halides is 3. The fourth-order valence-electron chi connectivity index (χ4n) is 3.80. The molecule has 3 rings (SSSR count). The lowest BCUT2D eigenvalue weighted by Gasteiger charge is -2.33. The minimum absolute atomic E-state index is 0.118. The Balaban J connectivity index is 1.49. The van der Waals surface area contributed by atoms with Gasteiger partial charge in [-0.1, -0.05) is 0 Å². The lowest BCUT2D eigenvalue weighted by atomic mass is 9.92. The molecule has 1 aromatic carbocycles. The van der Waals surface area contributed by atoms with Crippen LogP contribution >= 0.6 is 0 Å². The van der Waals surface area contributed by atoms with Crippen molar-refractivity contribution in [2.45, 2.75) is 62.9 Å². The van der Waals surface area contributed by atoms with Gasteiger partial charge in [0.05, 0.1) is 4.90 Å². The molecule has 1 saturated heterocycles. The Morgan fingerprint density at radius 3 is 2.19 bits per heavy atom. The maximum absolute atomic E-state index is 12.5. The SMILES string of the molecule is CC(C)(C)OC(=O)N1CCC([C@H]2C[C@@H]2NS(=O)(=O)c2ccc(OC(F)(F)F)cc2)CC1. The number of hydrogen-bond donors (Lipinski definition) is 1. The summed E-state index contributed by atoms with van der Waals surface area (Å²) in [5, 5.41) is 0. The number of sulfonamides is 1. The Bertz CT molecular complexity index is 889. The molecule has 11 heteroatoms. The minimum Gasteiger partial charge on any atom is -0.444 e. The Hall–Kier alpha value is -2.01. The van der Waals surface area contributed by atoms with Crippen molar-refractivity contribution < 1.29 is 35.9 Å². The molecule has 1 saturated carbocycles. The summed E-state index contributed by atoms with van der Waals surface area (Å²) >= 11 is 0. The van der Waals surface area contributed by atoms with E-state index in [1.54, 1.807) is 4.90 Å². The van der Waals surface area contributed by atoms with E-state index in [-0.39, 0.29) is 22.9 Å². The van der Waals surface area contributed by atoms with Gasteiger partial charge in [-0.15, -0.1) is 13.2 Å². The number of ether oxygens (including phenoxy) is 2. The van der Waals surface area contributed by atoms with Crippen molar-refractivity contribution in [1.82, 2.24) is 9.62 Å². The topological polar surface area (TPSA) is 84.9 Å². The van der Waals surface area contributed by atoms with E-state index in [1.165, 1.54) is 0 Å². The molecule has 174 valence electrons. The van der Waals surface area contributed by atoms with Crippen molar-refractivity contribution in [2.24, 2.45) is 11.8 Å². The third-order valence-corrected chi connectivity index (χ3v) is 6.82. The average Bonchev–Trinajstić information content (AvgIpc) is 3.38. The maximum atomic E-state index is 12.5. The van der Waals surface area contributed by atoms with Gasteiger partial charge in [-0.2, -0.15) is 0 Å². The Morgan fingerprint density at radius 2 is 1.68 bits per heavy atom. The number of likely N-dealkylation sites (tertiary alicyclic amines) is 1. The molecule has 0 bridgehead atoms. The first-order valence-corrected chi connectivity index (χ1v) is 11.6. The second-order valence-corrected chi connectivity index (χ2v) is 10.7. The van der Waals surface area contributed by atoms with Crippen LogP contribution in [0.3, 0.4) is 0 Å². The van der Waals surface area contributed by atoms with Gasteiger partial charge in [0.15, 0.2) is 0 Å². The molecule has 1 amide bonds. The molecule has 31 heavy (non-hydrogen) atoms. The molecular formula is C20H27F3N2O5S. The van der Waals surface area contributed by atoms with Crippen molar-refractivity contribution in [3.8, 4) is 5.75 Å². The van der Waals surface area contributed by atoms with Gasteiger partial charge in [-0.25, -0.2) is 17.9 Å². The highest BCUT2D eigenvalue weighted by atomic mass is 32.2. The molecule has 0 spiro atoms. The Kier molecular flexibility index (Phi) is 6.48. The quantitative estimate of drug-likeness (QED) is 0.715. The number of nitrogens with one attached hydrogen (secondary N) is 1. The summed E-state index contributed by atoms with van der Waals surface area (Å²) in [5.41, 5.74) is -0.551. The Labute approximate surface area is 179 Å². The molecule has 0 radical (unpaired) electrons. The van der Waals surface area contributed by atoms with Gasteiger partial charge >= 0.3 is 12.5 Å². The molecule has 0 aromatic heterocycles. The highest BCUT2D eigenvalue weighted by Gasteiger charge is 2.46. The number of benzene rings is 1. The zero-order valence-corrected chi connectivity index (χ0v) is 18.4. The van der Waals surface area contributed by atoms with Crippen LogP contribution in [0.25, 0.3) is 0 Å². The van der Waals surface area contributed by atoms with Gasteiger partial charge in [-0.05, 0) is 76.1 Å². The van der Waals surface area contributed by atoms with Crippen LogP contribution in [0.1, 0.15) is 40.0 Å². The van der Waals surface area contributed by atoms with E-state index < -0.39 is 27.7 Å². The van der Waals surface area contributed by atoms with Crippen LogP contribution in [0, 0.1) is 11.8 Å². The van der Waals surface area contributed by atoms with E-state index in [4.69, 9.17) is 4.74 Å². The highest BCUT2D eigenvalue weighted by Crippen LogP contribution is 2.43. The second kappa shape index (κ2) is 8.50. The van der Waals surface area contributed by atoms with Crippen molar-refractivity contribution in [2.75, 3.05) is 13.1 Å². The first-order valence-electron chi connectivity index (χ1n) is 10.1. The molecule has 2 atom stereocenters. The van der Waals surface area contributed by atoms with E-state index in [2.05, 4.69) is 9.46 Å². The van der Waals surface area contributed by atoms with Crippen molar-refractivity contribution >= 4 is 16.1 Å². The molecule has 2 fully saturated rings. The lowest BCUT2D eigenvalue weighted by molar-refractivity contribution is -0.274. The van der Waals surface area contributed by atoms with Gasteiger partial charge in [0.25, 0.3) is 0 Å². The number of nitrogens with zero attached hydrogens (tertiary/aromatic N) is 1. The van der Waals surface area contributed by atoms with Crippen LogP contribution in [0.5, 0.6) is 5.75 Å². The van der Waals surface area contributed by atoms with E-state index >= 15 is 0 Å². The largest absolute Gasteiger partial charge is 0.573 e. The number of rotatable bonds is 5. The molecule has 7 nitrogen and oxygen atoms in total. The molecule has 2 aliphatic rings. The third kappa shape index (κ3) is 6.73. The van der Waals surface area contributed by atoms with Crippen LogP contribution in [0.15, 0.2) is 29.2 Å². The van der Waals surface area contributed by atoms with Crippen LogP contribution in [-0.4, -0.2) is 50.5 Å². The summed E-state index contributed by atoms with van der Waals surface area (Å²) in [6.07, 6.45) is -2.93. The fourth-order valence-corrected chi connectivity index (χ4v) is 5.10. The number of carbonyl (C=O) groups is 1. The molecule has 1 aliphatic carbocycles. The summed E-state index contributed by atoms with van der Waals surface area (Å²) in [5.74, 6) is 0.00448. The lowest BCUT2D eigenvalue weighted by Crippen LogP contribution is -2.42. The third-order valence-electron chi connectivity index (χ3n) is 5.31. The van der Waals surface area contributed by atoms with Gasteiger partial charge < -0.3 is 14.4 Å². The maximum Gasteiger partial charge on any atom is 0.573 e. The molecule has 1 aromatic rings. The zero-order valence-electron chi connectivity index (χ0n) is 17.6. The second-order valence-electron chi connectivity index (χ2n) is 8.95. The van der Waals surface area contributed by atoms with Gasteiger partial charge in [-0.3, -0.25) is 0 Å². The predicted molar refractivity (Wildman–Crippen MR) is 106 cm³/mol. The average molecular weight is 465 g/mol. The van der Waals surface area contributed by atoms with Crippen LogP contribution in [0.4, 0.5) is 18.0 Å². The molecule has 0 unspecified atom stereocenters. The van der Waals surface area contributed by atoms with Crippen LogP contribution in [-0.2, 0) is 14.8 Å². The number of halogens is 3. The van der Waals surface area contributed by atoms with Gasteiger partial charge in [0, 0.05) is 19.1 Å². The van der Waals surface area contributed by atoms with E-state index in [1.807, 2.05) is 20.8 Å². The van der Waals surface area contributed by atoms with Crippen molar-refractivity contribution in [3.63, 3.8) is 0 Å². The van der Waals surface area contributed by atoms with Gasteiger partial charge in [0.2, 0.25) is 10.0 Å². The summed E-state index contributed by atoms with van der Waals surface area (Å²) in [6, 6.07) is 3.90. The van der Waals surface area contributed by atoms with Crippen molar-refractivity contribution in [3.05, 3.63) is 24.3 Å². The molecular weight excluding hydrogens is 437 g/mol. The van der Waals surface area contributed by atoms with E-state index in [0.29, 0.717) is 25.4 Å². The number of amides is 1. The number of piperidine rings is 1. The van der Waals surface area contributed by atoms with E-state index in [9.17, 15) is 26.4 Å². The smallest absolute Gasteiger partial charge is 0.444 e. The van der Waals surface area contributed by atoms with Crippen LogP contribution < -0.4 is 9.46 Å². The Morgan fingerprint density at radius 1 is 1.10 bits per heavy atom. The predicted octanol–water partition coefficient (Wildman–Crippen LogP) is 3.90. The minimum atomic E-state index is -4.83. The van der Waals surface area contributed by atoms with Crippen LogP contribution in [0.2, 0.25) is 0 Å². The molecule has 1 heterocycles. The zero-order chi connectivity index (χ0) is 23.0. The summed E-state index contributed by atoms with van der Waals surface area (Å²) < 4.78 is 73.6. The highest BCUT2D eigenvalue weighted by molar-refractivity contribution is 7.89. The fraction of sp³-hybridized carbons (Fsp3) is 0.650. The summed E-state index contributed by atoms with van der Waals surface area (Å²) in [4.78, 5) is 13.7.